The molecule has 34 valence electrons. The summed E-state index contributed by atoms with van der Waals surface area (Å²) in [6, 6.07) is 0. The van der Waals surface area contributed by atoms with Crippen molar-refractivity contribution >= 4 is 15.9 Å². The van der Waals surface area contributed by atoms with Crippen LogP contribution in [0.25, 0.3) is 0 Å². The summed E-state index contributed by atoms with van der Waals surface area (Å²) in [4.78, 5) is 0. The Labute approximate surface area is 54.0 Å². The van der Waals surface area contributed by atoms with Crippen molar-refractivity contribution in [1.82, 2.24) is 0 Å². The van der Waals surface area contributed by atoms with Crippen molar-refractivity contribution in [3.63, 3.8) is 0 Å². The van der Waals surface area contributed by atoms with E-state index in [4.69, 9.17) is 0 Å². The largest absolute Gasteiger partial charge is 0.448 e. The van der Waals surface area contributed by atoms with E-state index in [2.05, 4.69) is 0 Å². The first-order valence-corrected chi connectivity index (χ1v) is 1.55. The predicted octanol–water partition coefficient (Wildman–Crippen LogP) is 1.90. The van der Waals surface area contributed by atoms with Gasteiger partial charge in [0.2, 0.25) is 0 Å². The number of rotatable bonds is 0. The topological polar surface area (TPSA) is 0 Å². The molecule has 0 saturated carbocycles. The number of alkyl halides is 4. The molecule has 0 aromatic carbocycles. The summed E-state index contributed by atoms with van der Waals surface area (Å²) in [5.74, 6) is 0. The molecule has 0 bridgehead atoms. The van der Waals surface area contributed by atoms with Crippen molar-refractivity contribution in [3.05, 3.63) is 0 Å². The fourth-order valence-electron chi connectivity index (χ4n) is 0. The molecule has 0 heterocycles. The van der Waals surface area contributed by atoms with E-state index in [1.165, 1.54) is 15.9 Å². The van der Waals surface area contributed by atoms with Crippen molar-refractivity contribution in [1.29, 1.82) is 0 Å². The zero-order valence-corrected chi connectivity index (χ0v) is 7.27. The quantitative estimate of drug-likeness (QED) is 0.427. The maximum absolute atomic E-state index is 10.3. The Bertz CT molecular complexity index is 26.3. The minimum absolute atomic E-state index is 0. The minimum atomic E-state index is -4.19. The van der Waals surface area contributed by atoms with Gasteiger partial charge in [0.1, 0.15) is 0 Å². The summed E-state index contributed by atoms with van der Waals surface area (Å²) in [5.41, 5.74) is 0. The molecule has 5 heteroatoms. The molecule has 0 atom stereocenters. The second-order valence-electron chi connectivity index (χ2n) is 0.429. The second kappa shape index (κ2) is 2.97. The maximum Gasteiger partial charge on any atom is 0.448 e. The number of halogens is 4. The van der Waals surface area contributed by atoms with Gasteiger partial charge < -0.3 is 0 Å². The molecule has 0 aromatic heterocycles. The van der Waals surface area contributed by atoms with Crippen LogP contribution in [0.2, 0.25) is 0 Å². The third kappa shape index (κ3) is 92.9. The molecule has 0 radical (unpaired) electrons. The van der Waals surface area contributed by atoms with Crippen molar-refractivity contribution in [2.45, 2.75) is 5.09 Å². The molecule has 0 unspecified atom stereocenters. The van der Waals surface area contributed by atoms with Gasteiger partial charge in [0.15, 0.2) is 0 Å². The first-order valence-electron chi connectivity index (χ1n) is 0.756. The second-order valence-corrected chi connectivity index (χ2v) is 1.33. The van der Waals surface area contributed by atoms with E-state index in [-0.39, 0.29) is 19.5 Å². The molecule has 0 aromatic rings. The Morgan fingerprint density at radius 2 is 1.17 bits per heavy atom. The van der Waals surface area contributed by atoms with Crippen LogP contribution in [0.4, 0.5) is 13.2 Å². The van der Waals surface area contributed by atoms with E-state index < -0.39 is 5.09 Å². The van der Waals surface area contributed by atoms with Gasteiger partial charge in [0, 0.05) is 35.4 Å². The van der Waals surface area contributed by atoms with Crippen molar-refractivity contribution in [2.24, 2.45) is 0 Å². The van der Waals surface area contributed by atoms with Crippen LogP contribution >= 0.6 is 15.9 Å². The molecule has 0 saturated heterocycles. The molecule has 0 spiro atoms. The van der Waals surface area contributed by atoms with Gasteiger partial charge >= 0.3 is 5.09 Å². The van der Waals surface area contributed by atoms with E-state index in [0.717, 1.165) is 0 Å². The predicted molar refractivity (Wildman–Crippen MR) is 15.0 cm³/mol. The molecular weight excluding hydrogens is 214 g/mol. The summed E-state index contributed by atoms with van der Waals surface area (Å²) in [6.07, 6.45) is 0. The average Bonchev–Trinajstić information content (AvgIpc) is 0.722. The van der Waals surface area contributed by atoms with Crippen LogP contribution in [0.3, 0.4) is 0 Å². The zero-order chi connectivity index (χ0) is 4.50. The normalized spacial score (nSPS) is 10.0. The van der Waals surface area contributed by atoms with Gasteiger partial charge in [-0.25, -0.2) is 0 Å². The van der Waals surface area contributed by atoms with Crippen LogP contribution in [0.15, 0.2) is 0 Å². The smallest absolute Gasteiger partial charge is 0.160 e. The van der Waals surface area contributed by atoms with Crippen molar-refractivity contribution < 1.29 is 32.6 Å². The van der Waals surface area contributed by atoms with Crippen LogP contribution in [-0.2, 0) is 19.5 Å². The molecule has 0 aliphatic heterocycles. The average molecular weight is 214 g/mol. The van der Waals surface area contributed by atoms with E-state index in [1.807, 2.05) is 0 Å². The molecule has 0 aliphatic carbocycles. The fourth-order valence-corrected chi connectivity index (χ4v) is 0. The summed E-state index contributed by atoms with van der Waals surface area (Å²) in [7, 11) is 0. The third-order valence-electron chi connectivity index (χ3n) is 0. The molecule has 0 rings (SSSR count). The Hall–Kier alpha value is 0.893. The van der Waals surface area contributed by atoms with Gasteiger partial charge in [-0.15, -0.1) is 0 Å². The monoisotopic (exact) mass is 212 g/mol. The Morgan fingerprint density at radius 3 is 1.17 bits per heavy atom. The van der Waals surface area contributed by atoms with Crippen LogP contribution in [0, 0.1) is 0 Å². The van der Waals surface area contributed by atoms with Gasteiger partial charge in [-0.1, -0.05) is 0 Å². The molecule has 0 nitrogen and oxygen atoms in total. The van der Waals surface area contributed by atoms with Crippen LogP contribution in [-0.4, -0.2) is 5.09 Å². The summed E-state index contributed by atoms with van der Waals surface area (Å²) in [5, 5.41) is -4.19. The fraction of sp³-hybridized carbons (Fsp3) is 1.00. The maximum atomic E-state index is 10.3. The molecular formula is CBrF3Zn. The zero-order valence-electron chi connectivity index (χ0n) is 2.72. The first kappa shape index (κ1) is 10.00. The van der Waals surface area contributed by atoms with Gasteiger partial charge in [0.25, 0.3) is 0 Å². The first-order chi connectivity index (χ1) is 2.00. The van der Waals surface area contributed by atoms with E-state index >= 15 is 0 Å². The summed E-state index contributed by atoms with van der Waals surface area (Å²) >= 11 is 1.38. The Balaban J connectivity index is 0. The van der Waals surface area contributed by atoms with E-state index in [9.17, 15) is 13.2 Å². The number of hydrogen-bond donors (Lipinski definition) is 0. The third-order valence-corrected chi connectivity index (χ3v) is 0. The minimum Gasteiger partial charge on any atom is -0.160 e. The summed E-state index contributed by atoms with van der Waals surface area (Å²) in [6.45, 7) is 0. The molecule has 0 N–H and O–H groups in total. The molecule has 0 fully saturated rings. The van der Waals surface area contributed by atoms with Gasteiger partial charge in [0.05, 0.1) is 0 Å². The molecule has 0 amide bonds. The Kier molecular flexibility index (Phi) is 4.95. The standard InChI is InChI=1S/CBrF3.Zn/c2-1(3,4)5;. The SMILES string of the molecule is FC(F)(F)Br.[Zn]. The van der Waals surface area contributed by atoms with Crippen LogP contribution < -0.4 is 0 Å². The molecule has 6 heavy (non-hydrogen) atoms. The molecule has 0 aliphatic rings. The van der Waals surface area contributed by atoms with Gasteiger partial charge in [-0.3, -0.25) is 0 Å². The number of hydrogen-bond acceptors (Lipinski definition) is 0. The van der Waals surface area contributed by atoms with Crippen LogP contribution in [0.5, 0.6) is 0 Å². The van der Waals surface area contributed by atoms with Gasteiger partial charge in [-0.05, 0) is 0 Å². The van der Waals surface area contributed by atoms with Gasteiger partial charge in [-0.2, -0.15) is 13.2 Å². The van der Waals surface area contributed by atoms with E-state index in [1.54, 1.807) is 0 Å². The van der Waals surface area contributed by atoms with Crippen molar-refractivity contribution in [2.75, 3.05) is 0 Å². The van der Waals surface area contributed by atoms with Crippen molar-refractivity contribution in [3.8, 4) is 0 Å². The van der Waals surface area contributed by atoms with E-state index in [0.29, 0.717) is 0 Å². The summed E-state index contributed by atoms with van der Waals surface area (Å²) < 4.78 is 30.8. The van der Waals surface area contributed by atoms with Crippen LogP contribution in [0.1, 0.15) is 0 Å². The Morgan fingerprint density at radius 1 is 1.17 bits per heavy atom.